The van der Waals surface area contributed by atoms with Crippen molar-refractivity contribution in [1.29, 1.82) is 0 Å². The third kappa shape index (κ3) is 14.2. The molecule has 218 valence electrons. The topological polar surface area (TPSA) is 70.7 Å². The summed E-state index contributed by atoms with van der Waals surface area (Å²) in [6.07, 6.45) is 2.75. The highest BCUT2D eigenvalue weighted by Crippen LogP contribution is 2.26. The zero-order valence-corrected chi connectivity index (χ0v) is 26.1. The Morgan fingerprint density at radius 3 is 2.00 bits per heavy atom. The van der Waals surface area contributed by atoms with Crippen molar-refractivity contribution in [2.75, 3.05) is 32.0 Å². The quantitative estimate of drug-likeness (QED) is 0.289. The summed E-state index contributed by atoms with van der Waals surface area (Å²) in [6, 6.07) is 17.3. The van der Waals surface area contributed by atoms with E-state index < -0.39 is 11.7 Å². The molecule has 0 aromatic heterocycles. The highest BCUT2D eigenvalue weighted by molar-refractivity contribution is 5.77. The molecule has 0 bridgehead atoms. The summed E-state index contributed by atoms with van der Waals surface area (Å²) in [4.78, 5) is 25.6. The van der Waals surface area contributed by atoms with Crippen LogP contribution in [-0.2, 0) is 21.4 Å². The second kappa shape index (κ2) is 16.3. The first-order valence-corrected chi connectivity index (χ1v) is 14.2. The van der Waals surface area contributed by atoms with E-state index in [2.05, 4.69) is 98.7 Å². The molecule has 0 aliphatic rings. The fraction of sp³-hybridized carbons (Fsp3) is 0.576. The predicted octanol–water partition coefficient (Wildman–Crippen LogP) is 7.53. The number of alkyl carbamates (subject to hydrolysis) is 1. The third-order valence-corrected chi connectivity index (χ3v) is 6.30. The lowest BCUT2D eigenvalue weighted by Gasteiger charge is -2.29. The summed E-state index contributed by atoms with van der Waals surface area (Å²) < 4.78 is 5.25. The maximum Gasteiger partial charge on any atom is 0.407 e. The van der Waals surface area contributed by atoms with Crippen LogP contribution in [-0.4, -0.2) is 49.1 Å². The number of hydrogen-bond donors (Lipinski definition) is 2. The minimum absolute atomic E-state index is 0.119. The van der Waals surface area contributed by atoms with Crippen molar-refractivity contribution in [2.45, 2.75) is 98.6 Å². The monoisotopic (exact) mass is 539 g/mol. The van der Waals surface area contributed by atoms with E-state index in [-0.39, 0.29) is 17.2 Å². The van der Waals surface area contributed by atoms with Gasteiger partial charge >= 0.3 is 6.09 Å². The van der Waals surface area contributed by atoms with Crippen LogP contribution in [0.5, 0.6) is 0 Å². The lowest BCUT2D eigenvalue weighted by Crippen LogP contribution is -2.36. The van der Waals surface area contributed by atoms with E-state index in [4.69, 9.17) is 4.74 Å². The van der Waals surface area contributed by atoms with Crippen molar-refractivity contribution in [3.63, 3.8) is 0 Å². The number of carbonyl (C=O) groups is 2. The van der Waals surface area contributed by atoms with Gasteiger partial charge in [-0.25, -0.2) is 4.79 Å². The average Bonchev–Trinajstić information content (AvgIpc) is 2.85. The Morgan fingerprint density at radius 1 is 0.949 bits per heavy atom. The van der Waals surface area contributed by atoms with E-state index in [0.717, 1.165) is 13.0 Å². The molecule has 0 saturated carbocycles. The standard InChI is InChI=1S/C23H38N2O3.C10H15N/c1-17(26)16-25(15-9-14-24-21(27)28-23(6,7)8)18(2)19-10-12-20(13-11-19)22(3,4)5;1-3-4-9-5-7-10(11-2)8-6-9/h10-13,18H,9,14-16H2,1-8H3,(H,24,27);5-8,11H,3-4H2,1-2H3. The number of ketones is 1. The van der Waals surface area contributed by atoms with Crippen molar-refractivity contribution in [3.8, 4) is 0 Å². The maximum atomic E-state index is 11.7. The van der Waals surface area contributed by atoms with E-state index in [1.807, 2.05) is 27.8 Å². The smallest absolute Gasteiger partial charge is 0.407 e. The van der Waals surface area contributed by atoms with Gasteiger partial charge in [0.25, 0.3) is 0 Å². The van der Waals surface area contributed by atoms with Gasteiger partial charge in [0.2, 0.25) is 0 Å². The highest BCUT2D eigenvalue weighted by atomic mass is 16.6. The molecule has 0 spiro atoms. The number of Topliss-reactive ketones (excluding diaryl/α,β-unsaturated/α-hetero) is 1. The molecule has 2 aromatic carbocycles. The number of nitrogens with zero attached hydrogens (tertiary/aromatic N) is 1. The molecule has 2 N–H and O–H groups in total. The van der Waals surface area contributed by atoms with Gasteiger partial charge in [0, 0.05) is 31.9 Å². The molecule has 0 saturated heterocycles. The zero-order valence-electron chi connectivity index (χ0n) is 26.1. The van der Waals surface area contributed by atoms with Crippen LogP contribution in [0.15, 0.2) is 48.5 Å². The first-order chi connectivity index (χ1) is 18.2. The average molecular weight is 540 g/mol. The Balaban J connectivity index is 0.000000573. The summed E-state index contributed by atoms with van der Waals surface area (Å²) in [5.41, 5.74) is 4.71. The second-order valence-electron chi connectivity index (χ2n) is 12.2. The molecule has 1 atom stereocenters. The number of nitrogens with one attached hydrogen (secondary N) is 2. The van der Waals surface area contributed by atoms with Gasteiger partial charge in [-0.05, 0) is 81.7 Å². The van der Waals surface area contributed by atoms with Crippen LogP contribution in [0.25, 0.3) is 0 Å². The number of benzene rings is 2. The second-order valence-corrected chi connectivity index (χ2v) is 12.2. The normalized spacial score (nSPS) is 12.3. The third-order valence-electron chi connectivity index (χ3n) is 6.30. The Labute approximate surface area is 237 Å². The fourth-order valence-corrected chi connectivity index (χ4v) is 4.08. The largest absolute Gasteiger partial charge is 0.444 e. The maximum absolute atomic E-state index is 11.7. The van der Waals surface area contributed by atoms with Crippen LogP contribution < -0.4 is 10.6 Å². The number of carbonyl (C=O) groups excluding carboxylic acids is 2. The number of rotatable bonds is 11. The summed E-state index contributed by atoms with van der Waals surface area (Å²) in [7, 11) is 1.94. The van der Waals surface area contributed by atoms with E-state index in [9.17, 15) is 9.59 Å². The van der Waals surface area contributed by atoms with Crippen molar-refractivity contribution < 1.29 is 14.3 Å². The lowest BCUT2D eigenvalue weighted by atomic mass is 9.86. The lowest BCUT2D eigenvalue weighted by molar-refractivity contribution is -0.118. The Bertz CT molecular complexity index is 987. The van der Waals surface area contributed by atoms with Crippen LogP contribution in [0, 0.1) is 0 Å². The van der Waals surface area contributed by atoms with Crippen LogP contribution in [0.2, 0.25) is 0 Å². The molecule has 2 aromatic rings. The molecule has 6 heteroatoms. The first-order valence-electron chi connectivity index (χ1n) is 14.2. The van der Waals surface area contributed by atoms with Crippen LogP contribution in [0.4, 0.5) is 10.5 Å². The van der Waals surface area contributed by atoms with E-state index >= 15 is 0 Å². The minimum atomic E-state index is -0.502. The fourth-order valence-electron chi connectivity index (χ4n) is 4.08. The van der Waals surface area contributed by atoms with Gasteiger partial charge < -0.3 is 15.4 Å². The number of hydrogen-bond acceptors (Lipinski definition) is 5. The van der Waals surface area contributed by atoms with Gasteiger partial charge in [-0.2, -0.15) is 0 Å². The molecule has 1 amide bonds. The van der Waals surface area contributed by atoms with Gasteiger partial charge in [0.15, 0.2) is 0 Å². The molecule has 2 rings (SSSR count). The highest BCUT2D eigenvalue weighted by Gasteiger charge is 2.20. The van der Waals surface area contributed by atoms with Crippen LogP contribution in [0.3, 0.4) is 0 Å². The summed E-state index contributed by atoms with van der Waals surface area (Å²) in [6.45, 7) is 19.7. The summed E-state index contributed by atoms with van der Waals surface area (Å²) >= 11 is 0. The number of anilines is 1. The zero-order chi connectivity index (χ0) is 29.6. The molecule has 1 unspecified atom stereocenters. The van der Waals surface area contributed by atoms with Gasteiger partial charge in [0.1, 0.15) is 11.4 Å². The van der Waals surface area contributed by atoms with Crippen molar-refractivity contribution in [1.82, 2.24) is 10.2 Å². The van der Waals surface area contributed by atoms with Crippen LogP contribution >= 0.6 is 0 Å². The summed E-state index contributed by atoms with van der Waals surface area (Å²) in [5.74, 6) is 0.137. The number of amides is 1. The number of aryl methyl sites for hydroxylation is 1. The molecule has 0 heterocycles. The van der Waals surface area contributed by atoms with Crippen molar-refractivity contribution >= 4 is 17.6 Å². The SMILES string of the molecule is CC(=O)CN(CCCNC(=O)OC(C)(C)C)C(C)c1ccc(C(C)(C)C)cc1.CCCc1ccc(NC)cc1. The molecular formula is C33H53N3O3. The van der Waals surface area contributed by atoms with Crippen LogP contribution in [0.1, 0.15) is 97.9 Å². The van der Waals surface area contributed by atoms with E-state index in [0.29, 0.717) is 13.1 Å². The molecule has 0 aliphatic carbocycles. The first kappa shape index (κ1) is 34.2. The predicted molar refractivity (Wildman–Crippen MR) is 165 cm³/mol. The van der Waals surface area contributed by atoms with Gasteiger partial charge in [-0.3, -0.25) is 9.69 Å². The summed E-state index contributed by atoms with van der Waals surface area (Å²) in [5, 5.41) is 5.87. The Morgan fingerprint density at radius 2 is 1.54 bits per heavy atom. The van der Waals surface area contributed by atoms with Gasteiger partial charge in [-0.1, -0.05) is 70.5 Å². The number of ether oxygens (including phenoxy) is 1. The molecule has 39 heavy (non-hydrogen) atoms. The van der Waals surface area contributed by atoms with E-state index in [1.165, 1.54) is 35.2 Å². The molecule has 0 aliphatic heterocycles. The van der Waals surface area contributed by atoms with Crippen molar-refractivity contribution in [3.05, 3.63) is 65.2 Å². The molecular weight excluding hydrogens is 486 g/mol. The molecule has 6 nitrogen and oxygen atoms in total. The molecule has 0 fully saturated rings. The van der Waals surface area contributed by atoms with Gasteiger partial charge in [-0.15, -0.1) is 0 Å². The van der Waals surface area contributed by atoms with Gasteiger partial charge in [0.05, 0.1) is 6.54 Å². The Hall–Kier alpha value is -2.86. The minimum Gasteiger partial charge on any atom is -0.444 e. The Kier molecular flexibility index (Phi) is 14.3. The van der Waals surface area contributed by atoms with Crippen molar-refractivity contribution in [2.24, 2.45) is 0 Å². The van der Waals surface area contributed by atoms with E-state index in [1.54, 1.807) is 6.92 Å². The molecule has 0 radical (unpaired) electrons.